The third kappa shape index (κ3) is 5.30. The van der Waals surface area contributed by atoms with E-state index in [0.29, 0.717) is 50.0 Å². The van der Waals surface area contributed by atoms with Crippen molar-refractivity contribution in [3.05, 3.63) is 75.7 Å². The van der Waals surface area contributed by atoms with E-state index in [2.05, 4.69) is 53.4 Å². The summed E-state index contributed by atoms with van der Waals surface area (Å²) in [7, 11) is 0. The molecule has 4 N–H and O–H groups in total. The number of benzene rings is 2. The van der Waals surface area contributed by atoms with Crippen LogP contribution in [0.15, 0.2) is 54.5 Å². The lowest BCUT2D eigenvalue weighted by atomic mass is 9.96. The summed E-state index contributed by atoms with van der Waals surface area (Å²) in [6.07, 6.45) is 2.64. The fourth-order valence-electron chi connectivity index (χ4n) is 4.17. The maximum Gasteiger partial charge on any atom is 0.272 e. The first-order valence-corrected chi connectivity index (χ1v) is 12.8. The lowest BCUT2D eigenvalue weighted by Crippen LogP contribution is -2.40. The predicted molar refractivity (Wildman–Crippen MR) is 147 cm³/mol. The van der Waals surface area contributed by atoms with Crippen LogP contribution in [0.1, 0.15) is 45.7 Å². The van der Waals surface area contributed by atoms with Gasteiger partial charge in [-0.15, -0.1) is 5.53 Å². The Morgan fingerprint density at radius 1 is 1.29 bits per heavy atom. The quantitative estimate of drug-likeness (QED) is 0.260. The Balaban J connectivity index is 1.60. The van der Waals surface area contributed by atoms with Gasteiger partial charge >= 0.3 is 0 Å². The Hall–Kier alpha value is -3.32. The zero-order valence-corrected chi connectivity index (χ0v) is 22.5. The second kappa shape index (κ2) is 9.77. The number of fused-ring (bicyclic) bond motifs is 1. The van der Waals surface area contributed by atoms with Crippen LogP contribution in [-0.4, -0.2) is 28.5 Å². The number of hydrogen-bond acceptors (Lipinski definition) is 7. The van der Waals surface area contributed by atoms with Gasteiger partial charge in [0.1, 0.15) is 12.1 Å². The topological polar surface area (TPSA) is 88.0 Å². The number of pyridine rings is 1. The van der Waals surface area contributed by atoms with Gasteiger partial charge in [0.25, 0.3) is 5.92 Å². The number of nitrogens with one attached hydrogen (secondary N) is 4. The lowest BCUT2D eigenvalue weighted by Gasteiger charge is -2.24. The molecular formula is C27H27Cl2F2N7. The fraction of sp³-hybridized carbons (Fsp3) is 0.333. The van der Waals surface area contributed by atoms with E-state index in [4.69, 9.17) is 23.2 Å². The van der Waals surface area contributed by atoms with E-state index in [1.807, 2.05) is 0 Å². The first-order chi connectivity index (χ1) is 18.3. The zero-order valence-electron chi connectivity index (χ0n) is 22.0. The van der Waals surface area contributed by atoms with Crippen molar-refractivity contribution in [2.24, 2.45) is 5.41 Å². The third-order valence-electron chi connectivity index (χ3n) is 6.24. The first kappa shape index (κ1) is 25.0. The predicted octanol–water partition coefficient (Wildman–Crippen LogP) is 6.60. The van der Waals surface area contributed by atoms with E-state index in [9.17, 15) is 15.4 Å². The molecule has 7 nitrogen and oxygen atoms in total. The summed E-state index contributed by atoms with van der Waals surface area (Å²) in [5.41, 5.74) is 8.04. The fourth-order valence-corrected chi connectivity index (χ4v) is 4.67. The number of rotatable bonds is 7. The van der Waals surface area contributed by atoms with Gasteiger partial charge in [0, 0.05) is 41.5 Å². The Kier molecular flexibility index (Phi) is 6.42. The molecule has 11 heteroatoms. The molecule has 2 heterocycles. The SMILES string of the molecule is [2H][C@](Nc1cc(Cl)c2ncc(C#N)c(NCC(C)(C)C)c2c1)(C1=CN(C2CC2(F)F)NN1)c1ccccc1Cl. The largest absolute Gasteiger partial charge is 0.383 e. The molecule has 0 spiro atoms. The number of aromatic nitrogens is 1. The number of nitriles is 1. The number of halogens is 4. The monoisotopic (exact) mass is 558 g/mol. The van der Waals surface area contributed by atoms with Crippen molar-refractivity contribution in [2.75, 3.05) is 17.2 Å². The van der Waals surface area contributed by atoms with Gasteiger partial charge in [-0.05, 0) is 29.2 Å². The number of hydrogen-bond donors (Lipinski definition) is 4. The molecule has 0 saturated heterocycles. The Morgan fingerprint density at radius 3 is 2.68 bits per heavy atom. The minimum Gasteiger partial charge on any atom is -0.383 e. The molecule has 1 aromatic heterocycles. The first-order valence-electron chi connectivity index (χ1n) is 12.5. The van der Waals surface area contributed by atoms with Gasteiger partial charge in [0.05, 0.1) is 34.9 Å². The van der Waals surface area contributed by atoms with Crippen LogP contribution in [-0.2, 0) is 0 Å². The summed E-state index contributed by atoms with van der Waals surface area (Å²) in [6.45, 7) is 6.81. The standard InChI is InChI=1S/C27H27Cl2F2N7/c1-26(2,3)14-34-23-15(11-32)12-33-24-18(23)8-16(9-20(24)29)35-25(17-6-4-5-7-19(17)28)21-13-38(37-36-21)22-10-27(22,30)31/h4-9,12-13,22,25,35-37H,10,14H2,1-3H3,(H,33,34)/t22?,25-/m1/s1/i25D. The molecule has 5 rings (SSSR count). The molecule has 2 atom stereocenters. The minimum atomic E-state index is -2.81. The van der Waals surface area contributed by atoms with Gasteiger partial charge < -0.3 is 16.1 Å². The number of nitrogens with zero attached hydrogens (tertiary/aromatic N) is 3. The van der Waals surface area contributed by atoms with E-state index in [1.165, 1.54) is 17.4 Å². The summed E-state index contributed by atoms with van der Waals surface area (Å²) in [5.74, 6) is -2.81. The Morgan fingerprint density at radius 2 is 2.03 bits per heavy atom. The second-order valence-electron chi connectivity index (χ2n) is 10.6. The molecule has 198 valence electrons. The highest BCUT2D eigenvalue weighted by Gasteiger charge is 2.60. The summed E-state index contributed by atoms with van der Waals surface area (Å²) in [4.78, 5) is 4.39. The van der Waals surface area contributed by atoms with Crippen LogP contribution in [0.2, 0.25) is 10.0 Å². The van der Waals surface area contributed by atoms with Crippen LogP contribution >= 0.6 is 23.2 Å². The van der Waals surface area contributed by atoms with Gasteiger partial charge in [-0.3, -0.25) is 9.99 Å². The highest BCUT2D eigenvalue weighted by molar-refractivity contribution is 6.36. The van der Waals surface area contributed by atoms with Crippen molar-refractivity contribution in [3.8, 4) is 6.07 Å². The van der Waals surface area contributed by atoms with E-state index in [1.54, 1.807) is 36.4 Å². The highest BCUT2D eigenvalue weighted by Crippen LogP contribution is 2.46. The maximum absolute atomic E-state index is 13.8. The summed E-state index contributed by atoms with van der Waals surface area (Å²) in [5, 5.41) is 18.8. The number of anilines is 2. The molecule has 0 radical (unpaired) electrons. The van der Waals surface area contributed by atoms with Crippen LogP contribution in [0.3, 0.4) is 0 Å². The van der Waals surface area contributed by atoms with Crippen LogP contribution < -0.4 is 21.6 Å². The Labute approximate surface area is 231 Å². The van der Waals surface area contributed by atoms with E-state index < -0.39 is 18.0 Å². The van der Waals surface area contributed by atoms with Crippen LogP contribution in [0.25, 0.3) is 10.9 Å². The van der Waals surface area contributed by atoms with Gasteiger partial charge in [-0.1, -0.05) is 62.2 Å². The molecular weight excluding hydrogens is 531 g/mol. The third-order valence-corrected chi connectivity index (χ3v) is 6.86. The maximum atomic E-state index is 13.8. The van der Waals surface area contributed by atoms with Crippen molar-refractivity contribution in [2.45, 2.75) is 45.2 Å². The molecule has 2 aromatic carbocycles. The summed E-state index contributed by atoms with van der Waals surface area (Å²) < 4.78 is 37.1. The molecule has 0 amide bonds. The molecule has 1 aliphatic carbocycles. The molecule has 3 aromatic rings. The summed E-state index contributed by atoms with van der Waals surface area (Å²) >= 11 is 13.2. The van der Waals surface area contributed by atoms with Crippen LogP contribution in [0.4, 0.5) is 20.2 Å². The van der Waals surface area contributed by atoms with Gasteiger partial charge in [-0.25, -0.2) is 8.78 Å². The smallest absolute Gasteiger partial charge is 0.272 e. The average Bonchev–Trinajstić information content (AvgIpc) is 3.24. The van der Waals surface area contributed by atoms with Crippen molar-refractivity contribution in [3.63, 3.8) is 0 Å². The lowest BCUT2D eigenvalue weighted by molar-refractivity contribution is 0.0724. The van der Waals surface area contributed by atoms with Gasteiger partial charge in [0.2, 0.25) is 0 Å². The molecule has 1 unspecified atom stereocenters. The minimum absolute atomic E-state index is 0.0692. The van der Waals surface area contributed by atoms with E-state index >= 15 is 0 Å². The molecule has 1 aliphatic heterocycles. The van der Waals surface area contributed by atoms with Crippen molar-refractivity contribution in [1.82, 2.24) is 21.0 Å². The average molecular weight is 559 g/mol. The van der Waals surface area contributed by atoms with E-state index in [0.717, 1.165) is 0 Å². The van der Waals surface area contributed by atoms with Gasteiger partial charge in [-0.2, -0.15) is 5.26 Å². The zero-order chi connectivity index (χ0) is 28.2. The van der Waals surface area contributed by atoms with Crippen molar-refractivity contribution in [1.29, 1.82) is 5.26 Å². The molecule has 38 heavy (non-hydrogen) atoms. The molecule has 0 bridgehead atoms. The summed E-state index contributed by atoms with van der Waals surface area (Å²) in [6, 6.07) is 9.65. The molecule has 2 aliphatic rings. The van der Waals surface area contributed by atoms with Crippen LogP contribution in [0.5, 0.6) is 0 Å². The van der Waals surface area contributed by atoms with Crippen LogP contribution in [0, 0.1) is 16.7 Å². The molecule has 1 fully saturated rings. The Bertz CT molecular complexity index is 1520. The number of alkyl halides is 2. The van der Waals surface area contributed by atoms with Gasteiger partial charge in [0.15, 0.2) is 0 Å². The normalized spacial score (nSPS) is 20.2. The second-order valence-corrected chi connectivity index (χ2v) is 11.4. The highest BCUT2D eigenvalue weighted by atomic mass is 35.5. The molecule has 1 saturated carbocycles. The van der Waals surface area contributed by atoms with Crippen molar-refractivity contribution < 1.29 is 10.2 Å². The number of hydrazine groups is 2. The van der Waals surface area contributed by atoms with Crippen molar-refractivity contribution >= 4 is 45.5 Å². The van der Waals surface area contributed by atoms with E-state index in [-0.39, 0.29) is 17.5 Å².